The van der Waals surface area contributed by atoms with Gasteiger partial charge in [-0.15, -0.1) is 0 Å². The van der Waals surface area contributed by atoms with E-state index in [2.05, 4.69) is 15.1 Å². The molecule has 1 fully saturated rings. The quantitative estimate of drug-likeness (QED) is 0.835. The summed E-state index contributed by atoms with van der Waals surface area (Å²) in [7, 11) is 1.95. The number of rotatable bonds is 6. The van der Waals surface area contributed by atoms with Crippen molar-refractivity contribution in [3.05, 3.63) is 35.4 Å². The average molecular weight is 371 g/mol. The SMILES string of the molecule is CC(C)NC(=O)CN1CCC(N(C)Cc2cccc(C(F)(F)F)c2)CC1. The first-order valence-electron chi connectivity index (χ1n) is 9.03. The van der Waals surface area contributed by atoms with Crippen LogP contribution < -0.4 is 5.32 Å². The van der Waals surface area contributed by atoms with Crippen LogP contribution in [0.5, 0.6) is 0 Å². The van der Waals surface area contributed by atoms with Crippen LogP contribution in [0.1, 0.15) is 37.8 Å². The molecule has 146 valence electrons. The van der Waals surface area contributed by atoms with E-state index in [0.29, 0.717) is 24.7 Å². The predicted molar refractivity (Wildman–Crippen MR) is 95.7 cm³/mol. The van der Waals surface area contributed by atoms with Gasteiger partial charge in [-0.1, -0.05) is 18.2 Å². The fourth-order valence-electron chi connectivity index (χ4n) is 3.35. The second-order valence-electron chi connectivity index (χ2n) is 7.34. The number of nitrogens with zero attached hydrogens (tertiary/aromatic N) is 2. The first kappa shape index (κ1) is 20.7. The minimum absolute atomic E-state index is 0.0378. The van der Waals surface area contributed by atoms with E-state index in [-0.39, 0.29) is 11.9 Å². The van der Waals surface area contributed by atoms with E-state index in [1.807, 2.05) is 20.9 Å². The van der Waals surface area contributed by atoms with Crippen LogP contribution in [0.25, 0.3) is 0 Å². The molecule has 1 aromatic rings. The smallest absolute Gasteiger partial charge is 0.353 e. The average Bonchev–Trinajstić information content (AvgIpc) is 2.54. The topological polar surface area (TPSA) is 35.6 Å². The van der Waals surface area contributed by atoms with Gasteiger partial charge in [0.05, 0.1) is 12.1 Å². The highest BCUT2D eigenvalue weighted by molar-refractivity contribution is 5.78. The molecule has 0 saturated carbocycles. The van der Waals surface area contributed by atoms with Crippen LogP contribution in [0.4, 0.5) is 13.2 Å². The van der Waals surface area contributed by atoms with Crippen molar-refractivity contribution >= 4 is 5.91 Å². The van der Waals surface area contributed by atoms with E-state index in [0.717, 1.165) is 32.0 Å². The van der Waals surface area contributed by atoms with Crippen molar-refractivity contribution in [2.45, 2.75) is 51.5 Å². The number of alkyl halides is 3. The van der Waals surface area contributed by atoms with Gasteiger partial charge in [-0.05, 0) is 45.4 Å². The Balaban J connectivity index is 1.83. The van der Waals surface area contributed by atoms with Gasteiger partial charge in [0.1, 0.15) is 0 Å². The summed E-state index contributed by atoms with van der Waals surface area (Å²) in [6.07, 6.45) is -2.49. The van der Waals surface area contributed by atoms with Crippen molar-refractivity contribution in [3.8, 4) is 0 Å². The molecular formula is C19H28F3N3O. The van der Waals surface area contributed by atoms with Gasteiger partial charge in [-0.2, -0.15) is 13.2 Å². The maximum atomic E-state index is 12.8. The number of likely N-dealkylation sites (tertiary alicyclic amines) is 1. The minimum Gasteiger partial charge on any atom is -0.353 e. The standard InChI is InChI=1S/C19H28F3N3O/c1-14(2)23-18(26)13-25-9-7-17(8-10-25)24(3)12-15-5-4-6-16(11-15)19(20,21)22/h4-6,11,14,17H,7-10,12-13H2,1-3H3,(H,23,26). The Morgan fingerprint density at radius 1 is 1.31 bits per heavy atom. The summed E-state index contributed by atoms with van der Waals surface area (Å²) in [6, 6.07) is 5.97. The van der Waals surface area contributed by atoms with Gasteiger partial charge in [0, 0.05) is 31.7 Å². The number of carbonyl (C=O) groups excluding carboxylic acids is 1. The number of nitrogens with one attached hydrogen (secondary N) is 1. The molecule has 1 saturated heterocycles. The molecule has 2 rings (SSSR count). The molecule has 0 aromatic heterocycles. The Morgan fingerprint density at radius 3 is 2.54 bits per heavy atom. The summed E-state index contributed by atoms with van der Waals surface area (Å²) in [5, 5.41) is 2.89. The van der Waals surface area contributed by atoms with Crippen LogP contribution >= 0.6 is 0 Å². The molecule has 7 heteroatoms. The highest BCUT2D eigenvalue weighted by atomic mass is 19.4. The van der Waals surface area contributed by atoms with Gasteiger partial charge in [-0.3, -0.25) is 14.6 Å². The van der Waals surface area contributed by atoms with Crippen molar-refractivity contribution in [1.82, 2.24) is 15.1 Å². The van der Waals surface area contributed by atoms with E-state index in [4.69, 9.17) is 0 Å². The third-order valence-electron chi connectivity index (χ3n) is 4.68. The van der Waals surface area contributed by atoms with Crippen molar-refractivity contribution in [2.75, 3.05) is 26.7 Å². The molecule has 26 heavy (non-hydrogen) atoms. The summed E-state index contributed by atoms with van der Waals surface area (Å²) < 4.78 is 38.5. The predicted octanol–water partition coefficient (Wildman–Crippen LogP) is 3.13. The summed E-state index contributed by atoms with van der Waals surface area (Å²) in [6.45, 7) is 6.41. The second-order valence-corrected chi connectivity index (χ2v) is 7.34. The number of carbonyl (C=O) groups is 1. The third-order valence-corrected chi connectivity index (χ3v) is 4.68. The Bertz CT molecular complexity index is 596. The number of piperidine rings is 1. The molecule has 0 spiro atoms. The van der Waals surface area contributed by atoms with Crippen molar-refractivity contribution in [2.24, 2.45) is 0 Å². The monoisotopic (exact) mass is 371 g/mol. The van der Waals surface area contributed by atoms with Crippen LogP contribution in [0, 0.1) is 0 Å². The maximum Gasteiger partial charge on any atom is 0.416 e. The van der Waals surface area contributed by atoms with Crippen LogP contribution in [-0.2, 0) is 17.5 Å². The summed E-state index contributed by atoms with van der Waals surface area (Å²) in [5.41, 5.74) is 0.0652. The number of halogens is 3. The maximum absolute atomic E-state index is 12.8. The van der Waals surface area contributed by atoms with Crippen molar-refractivity contribution in [1.29, 1.82) is 0 Å². The Kier molecular flexibility index (Phi) is 7.06. The van der Waals surface area contributed by atoms with Crippen LogP contribution in [-0.4, -0.2) is 54.5 Å². The lowest BCUT2D eigenvalue weighted by atomic mass is 10.0. The van der Waals surface area contributed by atoms with Crippen molar-refractivity contribution < 1.29 is 18.0 Å². The van der Waals surface area contributed by atoms with E-state index in [1.54, 1.807) is 6.07 Å². The molecule has 1 aliphatic rings. The first-order valence-corrected chi connectivity index (χ1v) is 9.03. The largest absolute Gasteiger partial charge is 0.416 e. The van der Waals surface area contributed by atoms with Gasteiger partial charge in [0.2, 0.25) is 5.91 Å². The van der Waals surface area contributed by atoms with Gasteiger partial charge in [-0.25, -0.2) is 0 Å². The molecule has 1 amide bonds. The minimum atomic E-state index is -4.31. The highest BCUT2D eigenvalue weighted by Crippen LogP contribution is 2.30. The molecule has 1 N–H and O–H groups in total. The summed E-state index contributed by atoms with van der Waals surface area (Å²) in [4.78, 5) is 16.1. The highest BCUT2D eigenvalue weighted by Gasteiger charge is 2.30. The molecule has 0 bridgehead atoms. The molecule has 1 aromatic carbocycles. The Labute approximate surface area is 153 Å². The van der Waals surface area contributed by atoms with E-state index in [9.17, 15) is 18.0 Å². The van der Waals surface area contributed by atoms with Crippen molar-refractivity contribution in [3.63, 3.8) is 0 Å². The van der Waals surface area contributed by atoms with Crippen LogP contribution in [0.15, 0.2) is 24.3 Å². The number of hydrogen-bond acceptors (Lipinski definition) is 3. The second kappa shape index (κ2) is 8.86. The first-order chi connectivity index (χ1) is 12.1. The number of amides is 1. The van der Waals surface area contributed by atoms with E-state index in [1.165, 1.54) is 12.1 Å². The summed E-state index contributed by atoms with van der Waals surface area (Å²) in [5.74, 6) is 0.0378. The molecule has 0 unspecified atom stereocenters. The Hall–Kier alpha value is -1.60. The fraction of sp³-hybridized carbons (Fsp3) is 0.632. The third kappa shape index (κ3) is 6.29. The van der Waals surface area contributed by atoms with Crippen LogP contribution in [0.3, 0.4) is 0 Å². The van der Waals surface area contributed by atoms with Crippen LogP contribution in [0.2, 0.25) is 0 Å². The zero-order chi connectivity index (χ0) is 19.3. The number of benzene rings is 1. The van der Waals surface area contributed by atoms with Gasteiger partial charge in [0.15, 0.2) is 0 Å². The molecule has 0 radical (unpaired) electrons. The molecule has 4 nitrogen and oxygen atoms in total. The fourth-order valence-corrected chi connectivity index (χ4v) is 3.35. The van der Waals surface area contributed by atoms with E-state index >= 15 is 0 Å². The Morgan fingerprint density at radius 2 is 1.96 bits per heavy atom. The van der Waals surface area contributed by atoms with Gasteiger partial charge >= 0.3 is 6.18 Å². The normalized spacial score (nSPS) is 17.1. The van der Waals surface area contributed by atoms with Gasteiger partial charge in [0.25, 0.3) is 0 Å². The lowest BCUT2D eigenvalue weighted by molar-refractivity contribution is -0.137. The molecule has 0 aliphatic carbocycles. The number of hydrogen-bond donors (Lipinski definition) is 1. The molecule has 1 aliphatic heterocycles. The van der Waals surface area contributed by atoms with Gasteiger partial charge < -0.3 is 5.32 Å². The molecular weight excluding hydrogens is 343 g/mol. The lowest BCUT2D eigenvalue weighted by Gasteiger charge is -2.36. The molecule has 0 atom stereocenters. The zero-order valence-corrected chi connectivity index (χ0v) is 15.6. The summed E-state index contributed by atoms with van der Waals surface area (Å²) >= 11 is 0. The lowest BCUT2D eigenvalue weighted by Crippen LogP contribution is -2.47. The van der Waals surface area contributed by atoms with E-state index < -0.39 is 11.7 Å². The zero-order valence-electron chi connectivity index (χ0n) is 15.6. The molecule has 1 heterocycles.